The van der Waals surface area contributed by atoms with Gasteiger partial charge in [-0.2, -0.15) is 0 Å². The summed E-state index contributed by atoms with van der Waals surface area (Å²) in [7, 11) is 0. The minimum Gasteiger partial charge on any atom is -0.303 e. The van der Waals surface area contributed by atoms with Gasteiger partial charge in [0.15, 0.2) is 0 Å². The molecule has 14 heavy (non-hydrogen) atoms. The number of hydrogen-bond acceptors (Lipinski definition) is 2. The predicted octanol–water partition coefficient (Wildman–Crippen LogP) is 2.72. The van der Waals surface area contributed by atoms with Gasteiger partial charge in [0.2, 0.25) is 0 Å². The molecule has 0 N–H and O–H groups in total. The highest BCUT2D eigenvalue weighted by Gasteiger charge is 2.25. The third-order valence-electron chi connectivity index (χ3n) is 2.85. The second kappa shape index (κ2) is 6.18. The molecule has 0 aliphatic carbocycles. The van der Waals surface area contributed by atoms with Crippen LogP contribution in [0.5, 0.6) is 0 Å². The van der Waals surface area contributed by atoms with Crippen LogP contribution in [0, 0.1) is 5.41 Å². The average molecular weight is 199 g/mol. The van der Waals surface area contributed by atoms with Crippen molar-refractivity contribution in [3.05, 3.63) is 0 Å². The van der Waals surface area contributed by atoms with E-state index in [1.54, 1.807) is 6.92 Å². The number of ketones is 1. The highest BCUT2D eigenvalue weighted by atomic mass is 16.1. The highest BCUT2D eigenvalue weighted by molar-refractivity contribution is 5.81. The van der Waals surface area contributed by atoms with Crippen LogP contribution in [0.25, 0.3) is 0 Å². The molecule has 0 aliphatic rings. The molecule has 0 aromatic carbocycles. The van der Waals surface area contributed by atoms with Gasteiger partial charge < -0.3 is 4.90 Å². The second-order valence-corrected chi connectivity index (χ2v) is 4.66. The number of Topliss-reactive ketones (excluding diaryl/α,β-unsaturated/α-hetero) is 1. The maximum atomic E-state index is 11.4. The molecule has 0 unspecified atom stereocenters. The summed E-state index contributed by atoms with van der Waals surface area (Å²) in [5.74, 6) is 0.285. The summed E-state index contributed by atoms with van der Waals surface area (Å²) in [6.45, 7) is 13.1. The van der Waals surface area contributed by atoms with Crippen molar-refractivity contribution >= 4 is 5.78 Å². The Morgan fingerprint density at radius 2 is 1.86 bits per heavy atom. The molecule has 0 aliphatic heterocycles. The van der Waals surface area contributed by atoms with E-state index in [0.717, 1.165) is 19.6 Å². The number of carbonyl (C=O) groups is 1. The molecular weight excluding hydrogens is 174 g/mol. The molecule has 84 valence electrons. The maximum Gasteiger partial charge on any atom is 0.136 e. The second-order valence-electron chi connectivity index (χ2n) is 4.66. The maximum absolute atomic E-state index is 11.4. The fraction of sp³-hybridized carbons (Fsp3) is 0.917. The Morgan fingerprint density at radius 1 is 1.29 bits per heavy atom. The number of rotatable bonds is 7. The zero-order chi connectivity index (χ0) is 11.2. The van der Waals surface area contributed by atoms with E-state index in [9.17, 15) is 4.79 Å². The molecule has 2 heteroatoms. The quantitative estimate of drug-likeness (QED) is 0.628. The van der Waals surface area contributed by atoms with Crippen molar-refractivity contribution in [1.29, 1.82) is 0 Å². The van der Waals surface area contributed by atoms with Crippen LogP contribution in [0.3, 0.4) is 0 Å². The van der Waals surface area contributed by atoms with Crippen LogP contribution >= 0.6 is 0 Å². The van der Waals surface area contributed by atoms with Crippen LogP contribution in [0.15, 0.2) is 0 Å². The van der Waals surface area contributed by atoms with Crippen molar-refractivity contribution in [2.75, 3.05) is 19.6 Å². The Bertz CT molecular complexity index is 175. The first-order valence-electron chi connectivity index (χ1n) is 5.67. The lowest BCUT2D eigenvalue weighted by Crippen LogP contribution is -2.38. The van der Waals surface area contributed by atoms with E-state index < -0.39 is 0 Å². The Balaban J connectivity index is 4.09. The lowest BCUT2D eigenvalue weighted by molar-refractivity contribution is -0.125. The van der Waals surface area contributed by atoms with E-state index in [0.29, 0.717) is 0 Å². The molecule has 2 nitrogen and oxygen atoms in total. The summed E-state index contributed by atoms with van der Waals surface area (Å²) in [6, 6.07) is 0. The molecule has 0 aromatic heterocycles. The first kappa shape index (κ1) is 13.6. The summed E-state index contributed by atoms with van der Waals surface area (Å²) in [4.78, 5) is 13.7. The third-order valence-corrected chi connectivity index (χ3v) is 2.85. The van der Waals surface area contributed by atoms with Gasteiger partial charge in [-0.25, -0.2) is 0 Å². The van der Waals surface area contributed by atoms with Crippen LogP contribution in [-0.2, 0) is 4.79 Å². The molecule has 0 radical (unpaired) electrons. The molecule has 0 fully saturated rings. The minimum absolute atomic E-state index is 0.191. The zero-order valence-corrected chi connectivity index (χ0v) is 10.4. The SMILES string of the molecule is CCCCN(CC)CC(C)(C)C(C)=O. The summed E-state index contributed by atoms with van der Waals surface area (Å²) in [6.07, 6.45) is 2.44. The van der Waals surface area contributed by atoms with Gasteiger partial charge in [-0.3, -0.25) is 4.79 Å². The van der Waals surface area contributed by atoms with Crippen molar-refractivity contribution < 1.29 is 4.79 Å². The molecule has 0 spiro atoms. The standard InChI is InChI=1S/C12H25NO/c1-6-8-9-13(7-2)10-12(4,5)11(3)14/h6-10H2,1-5H3. The zero-order valence-electron chi connectivity index (χ0n) is 10.4. The van der Waals surface area contributed by atoms with E-state index in [-0.39, 0.29) is 11.2 Å². The fourth-order valence-electron chi connectivity index (χ4n) is 1.40. The van der Waals surface area contributed by atoms with Crippen LogP contribution in [0.2, 0.25) is 0 Å². The average Bonchev–Trinajstić information content (AvgIpc) is 2.11. The fourth-order valence-corrected chi connectivity index (χ4v) is 1.40. The van der Waals surface area contributed by atoms with Gasteiger partial charge in [0, 0.05) is 12.0 Å². The van der Waals surface area contributed by atoms with Crippen molar-refractivity contribution in [2.24, 2.45) is 5.41 Å². The Labute approximate surface area is 88.7 Å². The van der Waals surface area contributed by atoms with Crippen LogP contribution in [0.4, 0.5) is 0 Å². The van der Waals surface area contributed by atoms with Gasteiger partial charge in [0.25, 0.3) is 0 Å². The van der Waals surface area contributed by atoms with Crippen molar-refractivity contribution in [3.63, 3.8) is 0 Å². The summed E-state index contributed by atoms with van der Waals surface area (Å²) >= 11 is 0. The smallest absolute Gasteiger partial charge is 0.136 e. The summed E-state index contributed by atoms with van der Waals surface area (Å²) in [5, 5.41) is 0. The number of carbonyl (C=O) groups excluding carboxylic acids is 1. The minimum atomic E-state index is -0.191. The first-order chi connectivity index (χ1) is 6.44. The summed E-state index contributed by atoms with van der Waals surface area (Å²) < 4.78 is 0. The molecule has 0 amide bonds. The van der Waals surface area contributed by atoms with Gasteiger partial charge >= 0.3 is 0 Å². The summed E-state index contributed by atoms with van der Waals surface area (Å²) in [5.41, 5.74) is -0.191. The molecule has 0 saturated heterocycles. The van der Waals surface area contributed by atoms with Crippen molar-refractivity contribution in [2.45, 2.75) is 47.5 Å². The topological polar surface area (TPSA) is 20.3 Å². The van der Waals surface area contributed by atoms with Gasteiger partial charge in [0.1, 0.15) is 5.78 Å². The molecule has 0 bridgehead atoms. The van der Waals surface area contributed by atoms with Crippen LogP contribution < -0.4 is 0 Å². The molecular formula is C12H25NO. The van der Waals surface area contributed by atoms with E-state index >= 15 is 0 Å². The monoisotopic (exact) mass is 199 g/mol. The molecule has 0 heterocycles. The van der Waals surface area contributed by atoms with Gasteiger partial charge in [0.05, 0.1) is 0 Å². The Hall–Kier alpha value is -0.370. The normalized spacial score (nSPS) is 12.1. The highest BCUT2D eigenvalue weighted by Crippen LogP contribution is 2.18. The molecule has 0 atom stereocenters. The lowest BCUT2D eigenvalue weighted by atomic mass is 9.88. The van der Waals surface area contributed by atoms with Crippen molar-refractivity contribution in [1.82, 2.24) is 4.90 Å². The van der Waals surface area contributed by atoms with Gasteiger partial charge in [-0.05, 0) is 26.4 Å². The first-order valence-corrected chi connectivity index (χ1v) is 5.67. The largest absolute Gasteiger partial charge is 0.303 e. The van der Waals surface area contributed by atoms with E-state index in [1.807, 2.05) is 13.8 Å². The van der Waals surface area contributed by atoms with Crippen LogP contribution in [0.1, 0.15) is 47.5 Å². The Morgan fingerprint density at radius 3 is 2.21 bits per heavy atom. The lowest BCUT2D eigenvalue weighted by Gasteiger charge is -2.30. The number of nitrogens with zero attached hydrogens (tertiary/aromatic N) is 1. The number of hydrogen-bond donors (Lipinski definition) is 0. The predicted molar refractivity (Wildman–Crippen MR) is 61.5 cm³/mol. The van der Waals surface area contributed by atoms with Gasteiger partial charge in [-0.15, -0.1) is 0 Å². The molecule has 0 aromatic rings. The van der Waals surface area contributed by atoms with E-state index in [1.165, 1.54) is 12.8 Å². The van der Waals surface area contributed by atoms with Crippen LogP contribution in [-0.4, -0.2) is 30.3 Å². The third kappa shape index (κ3) is 4.75. The van der Waals surface area contributed by atoms with E-state index in [4.69, 9.17) is 0 Å². The van der Waals surface area contributed by atoms with Gasteiger partial charge in [-0.1, -0.05) is 34.1 Å². The molecule has 0 rings (SSSR count). The number of unbranched alkanes of at least 4 members (excludes halogenated alkanes) is 1. The molecule has 0 saturated carbocycles. The van der Waals surface area contributed by atoms with Crippen molar-refractivity contribution in [3.8, 4) is 0 Å². The Kier molecular flexibility index (Phi) is 6.01. The van der Waals surface area contributed by atoms with E-state index in [2.05, 4.69) is 18.7 Å².